The molecule has 2 aromatic rings. The van der Waals surface area contributed by atoms with Crippen LogP contribution in [0.4, 0.5) is 5.69 Å². The first-order valence-corrected chi connectivity index (χ1v) is 10.9. The number of halogens is 1. The molecule has 1 fully saturated rings. The Labute approximate surface area is 194 Å². The first-order chi connectivity index (χ1) is 14.4. The molecule has 1 aliphatic rings. The zero-order valence-electron chi connectivity index (χ0n) is 16.8. The second-order valence-electron chi connectivity index (χ2n) is 6.44. The summed E-state index contributed by atoms with van der Waals surface area (Å²) in [6.07, 6.45) is 2.42. The van der Waals surface area contributed by atoms with Crippen molar-refractivity contribution >= 4 is 63.5 Å². The van der Waals surface area contributed by atoms with Crippen LogP contribution in [0.1, 0.15) is 25.0 Å². The number of nitrogens with one attached hydrogen (secondary N) is 1. The zero-order chi connectivity index (χ0) is 21.8. The van der Waals surface area contributed by atoms with Gasteiger partial charge in [-0.3, -0.25) is 19.8 Å². The van der Waals surface area contributed by atoms with Crippen LogP contribution in [0.25, 0.3) is 6.08 Å². The van der Waals surface area contributed by atoms with Crippen molar-refractivity contribution in [1.29, 1.82) is 0 Å². The highest BCUT2D eigenvalue weighted by Crippen LogP contribution is 2.35. The van der Waals surface area contributed by atoms with Gasteiger partial charge in [0.15, 0.2) is 16.6 Å². The molecule has 0 bridgehead atoms. The molecule has 2 aromatic carbocycles. The van der Waals surface area contributed by atoms with Gasteiger partial charge in [-0.2, -0.15) is 0 Å². The number of methoxy groups -OCH3 is 1. The molecule has 0 saturated carbocycles. The second-order valence-corrected chi connectivity index (χ2v) is 7.99. The summed E-state index contributed by atoms with van der Waals surface area (Å²) < 4.78 is 11.9. The predicted molar refractivity (Wildman–Crippen MR) is 129 cm³/mol. The molecule has 0 radical (unpaired) electrons. The molecule has 1 N–H and O–H groups in total. The molecule has 1 saturated heterocycles. The zero-order valence-corrected chi connectivity index (χ0v) is 19.8. The van der Waals surface area contributed by atoms with E-state index in [-0.39, 0.29) is 10.7 Å². The van der Waals surface area contributed by atoms with Crippen LogP contribution in [0.5, 0.6) is 11.5 Å². The highest BCUT2D eigenvalue weighted by Gasteiger charge is 2.34. The lowest BCUT2D eigenvalue weighted by Gasteiger charge is -2.29. The first-order valence-electron chi connectivity index (χ1n) is 9.40. The van der Waals surface area contributed by atoms with Crippen molar-refractivity contribution in [3.8, 4) is 11.5 Å². The van der Waals surface area contributed by atoms with E-state index in [4.69, 9.17) is 21.7 Å². The van der Waals surface area contributed by atoms with Crippen LogP contribution in [0.3, 0.4) is 0 Å². The quantitative estimate of drug-likeness (QED) is 0.261. The second kappa shape index (κ2) is 9.57. The first kappa shape index (κ1) is 22.2. The highest BCUT2D eigenvalue weighted by molar-refractivity contribution is 14.1. The number of nitrogens with zero attached hydrogens (tertiary/aromatic N) is 1. The summed E-state index contributed by atoms with van der Waals surface area (Å²) in [7, 11) is 1.55. The minimum absolute atomic E-state index is 0.00909. The van der Waals surface area contributed by atoms with E-state index in [0.29, 0.717) is 29.4 Å². The third-order valence-electron chi connectivity index (χ3n) is 4.56. The van der Waals surface area contributed by atoms with E-state index in [2.05, 4.69) is 34.8 Å². The van der Waals surface area contributed by atoms with Crippen LogP contribution in [0.2, 0.25) is 0 Å². The Morgan fingerprint density at radius 3 is 2.47 bits per heavy atom. The van der Waals surface area contributed by atoms with Gasteiger partial charge in [0.1, 0.15) is 5.57 Å². The minimum atomic E-state index is -0.533. The van der Waals surface area contributed by atoms with Crippen molar-refractivity contribution in [2.45, 2.75) is 20.3 Å². The van der Waals surface area contributed by atoms with Crippen LogP contribution in [0.15, 0.2) is 42.0 Å². The average Bonchev–Trinajstić information content (AvgIpc) is 2.73. The van der Waals surface area contributed by atoms with E-state index in [0.717, 1.165) is 15.6 Å². The molecular formula is C22H21IN2O4S. The molecule has 0 atom stereocenters. The minimum Gasteiger partial charge on any atom is -0.493 e. The summed E-state index contributed by atoms with van der Waals surface area (Å²) in [6, 6.07) is 11.1. The lowest BCUT2D eigenvalue weighted by molar-refractivity contribution is -0.122. The Kier molecular flexibility index (Phi) is 7.09. The van der Waals surface area contributed by atoms with E-state index >= 15 is 0 Å². The van der Waals surface area contributed by atoms with Gasteiger partial charge >= 0.3 is 0 Å². The van der Waals surface area contributed by atoms with Gasteiger partial charge in [-0.25, -0.2) is 0 Å². The summed E-state index contributed by atoms with van der Waals surface area (Å²) in [5.74, 6) is 0.146. The van der Waals surface area contributed by atoms with Crippen molar-refractivity contribution in [3.05, 3.63) is 56.7 Å². The Hall–Kier alpha value is -2.46. The van der Waals surface area contributed by atoms with Crippen molar-refractivity contribution in [1.82, 2.24) is 5.32 Å². The van der Waals surface area contributed by atoms with Crippen LogP contribution in [-0.4, -0.2) is 30.6 Å². The maximum Gasteiger partial charge on any atom is 0.270 e. The normalized spacial score (nSPS) is 15.4. The van der Waals surface area contributed by atoms with Crippen LogP contribution in [0, 0.1) is 3.57 Å². The molecule has 30 heavy (non-hydrogen) atoms. The fourth-order valence-corrected chi connectivity index (χ4v) is 4.11. The summed E-state index contributed by atoms with van der Waals surface area (Å²) in [5, 5.41) is 2.66. The number of thiocarbonyl (C=S) groups is 1. The summed E-state index contributed by atoms with van der Waals surface area (Å²) in [6.45, 7) is 4.44. The van der Waals surface area contributed by atoms with Gasteiger partial charge in [0, 0.05) is 0 Å². The molecule has 2 amide bonds. The molecule has 0 aromatic heterocycles. The molecule has 0 unspecified atom stereocenters. The Morgan fingerprint density at radius 2 is 1.87 bits per heavy atom. The maximum atomic E-state index is 13.2. The molecule has 156 valence electrons. The molecular weight excluding hydrogens is 515 g/mol. The van der Waals surface area contributed by atoms with Gasteiger partial charge < -0.3 is 9.47 Å². The Bertz CT molecular complexity index is 1030. The fraction of sp³-hybridized carbons (Fsp3) is 0.227. The Morgan fingerprint density at radius 1 is 1.17 bits per heavy atom. The smallest absolute Gasteiger partial charge is 0.270 e. The number of carbonyl (C=O) groups is 2. The molecule has 3 rings (SSSR count). The maximum absolute atomic E-state index is 13.2. The number of rotatable bonds is 6. The lowest BCUT2D eigenvalue weighted by Crippen LogP contribution is -2.54. The number of hydrogen-bond donors (Lipinski definition) is 1. The number of anilines is 1. The van der Waals surface area contributed by atoms with Crippen LogP contribution >= 0.6 is 34.8 Å². The largest absolute Gasteiger partial charge is 0.493 e. The van der Waals surface area contributed by atoms with Crippen molar-refractivity contribution in [2.75, 3.05) is 18.6 Å². The number of amides is 2. The predicted octanol–water partition coefficient (Wildman–Crippen LogP) is 4.09. The summed E-state index contributed by atoms with van der Waals surface area (Å²) in [4.78, 5) is 27.0. The molecule has 8 heteroatoms. The van der Waals surface area contributed by atoms with E-state index in [1.807, 2.05) is 37.3 Å². The van der Waals surface area contributed by atoms with Gasteiger partial charge in [0.2, 0.25) is 0 Å². The topological polar surface area (TPSA) is 67.9 Å². The fourth-order valence-electron chi connectivity index (χ4n) is 3.05. The third-order valence-corrected chi connectivity index (χ3v) is 5.64. The number of ether oxygens (including phenoxy) is 2. The highest BCUT2D eigenvalue weighted by atomic mass is 127. The lowest BCUT2D eigenvalue weighted by atomic mass is 10.1. The van der Waals surface area contributed by atoms with E-state index in [1.165, 1.54) is 11.0 Å². The number of aryl methyl sites for hydroxylation is 1. The molecule has 1 aliphatic heterocycles. The Balaban J connectivity index is 2.01. The van der Waals surface area contributed by atoms with Crippen molar-refractivity contribution < 1.29 is 19.1 Å². The van der Waals surface area contributed by atoms with Crippen molar-refractivity contribution in [3.63, 3.8) is 0 Å². The van der Waals surface area contributed by atoms with Crippen LogP contribution in [-0.2, 0) is 16.0 Å². The van der Waals surface area contributed by atoms with Crippen molar-refractivity contribution in [2.24, 2.45) is 0 Å². The van der Waals surface area contributed by atoms with Gasteiger partial charge in [-0.15, -0.1) is 0 Å². The average molecular weight is 536 g/mol. The number of benzene rings is 2. The van der Waals surface area contributed by atoms with E-state index in [1.54, 1.807) is 13.2 Å². The molecule has 0 aliphatic carbocycles. The third kappa shape index (κ3) is 4.49. The number of carbonyl (C=O) groups excluding carboxylic acids is 2. The van der Waals surface area contributed by atoms with Gasteiger partial charge in [0.05, 0.1) is 23.0 Å². The molecule has 1 heterocycles. The number of hydrogen-bond acceptors (Lipinski definition) is 5. The van der Waals surface area contributed by atoms with Crippen LogP contribution < -0.4 is 19.7 Å². The monoisotopic (exact) mass is 536 g/mol. The van der Waals surface area contributed by atoms with Gasteiger partial charge in [-0.1, -0.05) is 19.1 Å². The summed E-state index contributed by atoms with van der Waals surface area (Å²) in [5.41, 5.74) is 2.38. The standard InChI is InChI=1S/C22H21IN2O4S/c1-4-13-6-8-15(9-7-13)25-21(27)16(20(26)24-22(25)30)10-14-11-17(23)19(29-5-2)18(12-14)28-3/h6-12H,4-5H2,1-3H3,(H,24,26,30)/b16-10-. The molecule has 6 nitrogen and oxygen atoms in total. The SMILES string of the molecule is CCOc1c(I)cc(/C=C2/C(=O)NC(=S)N(c3ccc(CC)cc3)C2=O)cc1OC. The van der Waals surface area contributed by atoms with E-state index in [9.17, 15) is 9.59 Å². The molecule has 0 spiro atoms. The van der Waals surface area contributed by atoms with Gasteiger partial charge in [0.25, 0.3) is 11.8 Å². The van der Waals surface area contributed by atoms with E-state index < -0.39 is 11.8 Å². The van der Waals surface area contributed by atoms with Gasteiger partial charge in [-0.05, 0) is 89.6 Å². The summed E-state index contributed by atoms with van der Waals surface area (Å²) >= 11 is 7.39.